The highest BCUT2D eigenvalue weighted by atomic mass is 16.5. The van der Waals surface area contributed by atoms with Crippen molar-refractivity contribution in [2.24, 2.45) is 11.8 Å². The van der Waals surface area contributed by atoms with E-state index < -0.39 is 0 Å². The van der Waals surface area contributed by atoms with Crippen molar-refractivity contribution < 1.29 is 19.1 Å². The van der Waals surface area contributed by atoms with Crippen LogP contribution in [-0.4, -0.2) is 25.2 Å². The first kappa shape index (κ1) is 13.9. The predicted molar refractivity (Wildman–Crippen MR) is 56.2 cm³/mol. The number of hydrogen-bond acceptors (Lipinski definition) is 4. The van der Waals surface area contributed by atoms with E-state index in [1.54, 1.807) is 0 Å². The fraction of sp³-hybridized carbons (Fsp3) is 0.818. The van der Waals surface area contributed by atoms with Gasteiger partial charge in [0.05, 0.1) is 13.2 Å². The van der Waals surface area contributed by atoms with Gasteiger partial charge in [-0.25, -0.2) is 0 Å². The van der Waals surface area contributed by atoms with E-state index in [1.807, 2.05) is 13.8 Å². The van der Waals surface area contributed by atoms with Crippen LogP contribution in [0.15, 0.2) is 0 Å². The minimum Gasteiger partial charge on any atom is -0.466 e. The van der Waals surface area contributed by atoms with Crippen LogP contribution in [0.2, 0.25) is 0 Å². The van der Waals surface area contributed by atoms with E-state index in [-0.39, 0.29) is 11.9 Å². The first-order valence-corrected chi connectivity index (χ1v) is 5.18. The summed E-state index contributed by atoms with van der Waals surface area (Å²) >= 11 is 0. The van der Waals surface area contributed by atoms with Gasteiger partial charge in [-0.15, -0.1) is 0 Å². The lowest BCUT2D eigenvalue weighted by Gasteiger charge is -2.16. The van der Waals surface area contributed by atoms with Crippen LogP contribution in [0.5, 0.6) is 0 Å². The molecule has 0 rings (SSSR count). The highest BCUT2D eigenvalue weighted by Crippen LogP contribution is 2.12. The number of hydrogen-bond donors (Lipinski definition) is 0. The van der Waals surface area contributed by atoms with E-state index in [9.17, 15) is 9.59 Å². The molecule has 0 aliphatic rings. The number of rotatable bonds is 6. The lowest BCUT2D eigenvalue weighted by atomic mass is 9.99. The maximum atomic E-state index is 10.6. The Morgan fingerprint density at radius 2 is 1.27 bits per heavy atom. The van der Waals surface area contributed by atoms with Crippen molar-refractivity contribution in [1.82, 2.24) is 0 Å². The third-order valence-corrected chi connectivity index (χ3v) is 1.95. The van der Waals surface area contributed by atoms with Crippen molar-refractivity contribution in [3.05, 3.63) is 0 Å². The van der Waals surface area contributed by atoms with E-state index in [2.05, 4.69) is 0 Å². The molecular formula is C11H20O4. The molecule has 0 aromatic rings. The van der Waals surface area contributed by atoms with Crippen molar-refractivity contribution in [3.8, 4) is 0 Å². The van der Waals surface area contributed by atoms with Crippen LogP contribution in [-0.2, 0) is 19.1 Å². The van der Waals surface area contributed by atoms with E-state index in [0.29, 0.717) is 25.0 Å². The van der Waals surface area contributed by atoms with Crippen LogP contribution < -0.4 is 0 Å². The third-order valence-electron chi connectivity index (χ3n) is 1.95. The first-order valence-electron chi connectivity index (χ1n) is 5.18. The molecule has 0 bridgehead atoms. The first-order chi connectivity index (χ1) is 6.91. The third kappa shape index (κ3) is 9.25. The van der Waals surface area contributed by atoms with E-state index in [0.717, 1.165) is 6.42 Å². The Morgan fingerprint density at radius 1 is 0.933 bits per heavy atom. The van der Waals surface area contributed by atoms with E-state index in [4.69, 9.17) is 9.47 Å². The SMILES string of the molecule is CC(=O)OC[C@H](C)C[C@@H](C)COC(C)=O. The van der Waals surface area contributed by atoms with Crippen molar-refractivity contribution in [1.29, 1.82) is 0 Å². The molecule has 0 radical (unpaired) electrons. The molecule has 0 amide bonds. The molecule has 0 fully saturated rings. The van der Waals surface area contributed by atoms with Crippen LogP contribution in [0.3, 0.4) is 0 Å². The fourth-order valence-corrected chi connectivity index (χ4v) is 1.34. The molecule has 0 aliphatic carbocycles. The van der Waals surface area contributed by atoms with Gasteiger partial charge in [0.15, 0.2) is 0 Å². The molecule has 15 heavy (non-hydrogen) atoms. The van der Waals surface area contributed by atoms with Gasteiger partial charge in [0.1, 0.15) is 0 Å². The molecule has 0 unspecified atom stereocenters. The van der Waals surface area contributed by atoms with Gasteiger partial charge in [0, 0.05) is 13.8 Å². The second-order valence-electron chi connectivity index (χ2n) is 4.05. The molecule has 0 N–H and O–H groups in total. The number of esters is 2. The lowest BCUT2D eigenvalue weighted by molar-refractivity contribution is -0.142. The van der Waals surface area contributed by atoms with Crippen LogP contribution in [0.4, 0.5) is 0 Å². The second-order valence-corrected chi connectivity index (χ2v) is 4.05. The Morgan fingerprint density at radius 3 is 1.53 bits per heavy atom. The zero-order chi connectivity index (χ0) is 11.8. The highest BCUT2D eigenvalue weighted by Gasteiger charge is 2.11. The molecule has 2 atom stereocenters. The van der Waals surface area contributed by atoms with Gasteiger partial charge in [-0.3, -0.25) is 9.59 Å². The molecule has 0 saturated heterocycles. The maximum absolute atomic E-state index is 10.6. The number of ether oxygens (including phenoxy) is 2. The summed E-state index contributed by atoms with van der Waals surface area (Å²) in [4.78, 5) is 21.1. The molecule has 0 aromatic heterocycles. The summed E-state index contributed by atoms with van der Waals surface area (Å²) in [5.41, 5.74) is 0. The predicted octanol–water partition coefficient (Wildman–Crippen LogP) is 1.77. The summed E-state index contributed by atoms with van der Waals surface area (Å²) in [6, 6.07) is 0. The van der Waals surface area contributed by atoms with Gasteiger partial charge in [-0.2, -0.15) is 0 Å². The summed E-state index contributed by atoms with van der Waals surface area (Å²) in [5.74, 6) is 0.0721. The van der Waals surface area contributed by atoms with Gasteiger partial charge in [-0.1, -0.05) is 13.8 Å². The van der Waals surface area contributed by atoms with E-state index in [1.165, 1.54) is 13.8 Å². The van der Waals surface area contributed by atoms with Gasteiger partial charge in [0.2, 0.25) is 0 Å². The van der Waals surface area contributed by atoms with Crippen LogP contribution >= 0.6 is 0 Å². The normalized spacial score (nSPS) is 14.1. The van der Waals surface area contributed by atoms with Crippen LogP contribution in [0.25, 0.3) is 0 Å². The largest absolute Gasteiger partial charge is 0.466 e. The Balaban J connectivity index is 3.61. The zero-order valence-electron chi connectivity index (χ0n) is 9.91. The highest BCUT2D eigenvalue weighted by molar-refractivity contribution is 5.66. The maximum Gasteiger partial charge on any atom is 0.302 e. The average Bonchev–Trinajstić information content (AvgIpc) is 2.11. The molecule has 4 heteroatoms. The summed E-state index contributed by atoms with van der Waals surface area (Å²) in [6.45, 7) is 7.67. The molecule has 0 aromatic carbocycles. The summed E-state index contributed by atoms with van der Waals surface area (Å²) in [7, 11) is 0. The van der Waals surface area contributed by atoms with Gasteiger partial charge in [0.25, 0.3) is 0 Å². The average molecular weight is 216 g/mol. The topological polar surface area (TPSA) is 52.6 Å². The Hall–Kier alpha value is -1.06. The molecular weight excluding hydrogens is 196 g/mol. The Labute approximate surface area is 90.9 Å². The van der Waals surface area contributed by atoms with Crippen molar-refractivity contribution in [2.75, 3.05) is 13.2 Å². The Bertz CT molecular complexity index is 191. The van der Waals surface area contributed by atoms with Crippen LogP contribution in [0.1, 0.15) is 34.1 Å². The van der Waals surface area contributed by atoms with Gasteiger partial charge >= 0.3 is 11.9 Å². The monoisotopic (exact) mass is 216 g/mol. The van der Waals surface area contributed by atoms with Gasteiger partial charge < -0.3 is 9.47 Å². The molecule has 0 aliphatic heterocycles. The molecule has 0 heterocycles. The lowest BCUT2D eigenvalue weighted by Crippen LogP contribution is -2.16. The van der Waals surface area contributed by atoms with Crippen LogP contribution in [0, 0.1) is 11.8 Å². The van der Waals surface area contributed by atoms with E-state index >= 15 is 0 Å². The minimum atomic E-state index is -0.255. The Kier molecular flexibility index (Phi) is 6.75. The molecule has 4 nitrogen and oxygen atoms in total. The standard InChI is InChI=1S/C11H20O4/c1-8(6-14-10(3)12)5-9(2)7-15-11(4)13/h8-9H,5-7H2,1-4H3/t8-,9-/m1/s1. The molecule has 0 saturated carbocycles. The second kappa shape index (κ2) is 7.26. The summed E-state index contributed by atoms with van der Waals surface area (Å²) < 4.78 is 9.77. The smallest absolute Gasteiger partial charge is 0.302 e. The summed E-state index contributed by atoms with van der Waals surface area (Å²) in [5, 5.41) is 0. The van der Waals surface area contributed by atoms with Gasteiger partial charge in [-0.05, 0) is 18.3 Å². The number of carbonyl (C=O) groups is 2. The minimum absolute atomic E-state index is 0.255. The summed E-state index contributed by atoms with van der Waals surface area (Å²) in [6.07, 6.45) is 0.876. The zero-order valence-corrected chi connectivity index (χ0v) is 9.91. The number of carbonyl (C=O) groups excluding carboxylic acids is 2. The quantitative estimate of drug-likeness (QED) is 0.635. The molecule has 88 valence electrons. The van der Waals surface area contributed by atoms with Crippen molar-refractivity contribution in [3.63, 3.8) is 0 Å². The molecule has 0 spiro atoms. The van der Waals surface area contributed by atoms with Crippen molar-refractivity contribution in [2.45, 2.75) is 34.1 Å². The van der Waals surface area contributed by atoms with Crippen molar-refractivity contribution >= 4 is 11.9 Å². The fourth-order valence-electron chi connectivity index (χ4n) is 1.34.